The fraction of sp³-hybridized carbons (Fsp3) is 0.889. The molecular formula is C18H27NO2. The molecule has 1 heterocycles. The molecule has 0 N–H and O–H groups in total. The maximum Gasteiger partial charge on any atom is 0.223 e. The van der Waals surface area contributed by atoms with Crippen molar-refractivity contribution < 1.29 is 9.59 Å². The highest BCUT2D eigenvalue weighted by atomic mass is 16.2. The van der Waals surface area contributed by atoms with Crippen LogP contribution in [0.2, 0.25) is 0 Å². The lowest BCUT2D eigenvalue weighted by molar-refractivity contribution is -0.135. The number of amides is 1. The zero-order valence-electron chi connectivity index (χ0n) is 12.9. The summed E-state index contributed by atoms with van der Waals surface area (Å²) in [5.41, 5.74) is 0. The number of Topliss-reactive ketones (excluding diaryl/α,β-unsaturated/α-hetero) is 1. The molecule has 3 saturated carbocycles. The predicted molar refractivity (Wildman–Crippen MR) is 80.6 cm³/mol. The maximum atomic E-state index is 12.8. The van der Waals surface area contributed by atoms with E-state index in [9.17, 15) is 9.59 Å². The van der Waals surface area contributed by atoms with Gasteiger partial charge in [-0.05, 0) is 62.7 Å². The van der Waals surface area contributed by atoms with Gasteiger partial charge in [-0.3, -0.25) is 9.59 Å². The third kappa shape index (κ3) is 2.43. The van der Waals surface area contributed by atoms with Gasteiger partial charge >= 0.3 is 0 Å². The first-order valence-electron chi connectivity index (χ1n) is 9.04. The number of ketones is 1. The van der Waals surface area contributed by atoms with Crippen LogP contribution in [0.3, 0.4) is 0 Å². The molecule has 4 aliphatic rings. The fourth-order valence-corrected chi connectivity index (χ4v) is 5.74. The molecule has 3 heteroatoms. The molecule has 116 valence electrons. The molecule has 1 aliphatic heterocycles. The minimum absolute atomic E-state index is 0.163. The topological polar surface area (TPSA) is 37.4 Å². The molecular weight excluding hydrogens is 262 g/mol. The van der Waals surface area contributed by atoms with Gasteiger partial charge in [-0.25, -0.2) is 0 Å². The van der Waals surface area contributed by atoms with Crippen molar-refractivity contribution in [1.82, 2.24) is 4.90 Å². The number of likely N-dealkylation sites (tertiary alicyclic amines) is 1. The summed E-state index contributed by atoms with van der Waals surface area (Å²) in [7, 11) is 0. The molecule has 5 atom stereocenters. The first-order chi connectivity index (χ1) is 10.2. The molecule has 1 saturated heterocycles. The summed E-state index contributed by atoms with van der Waals surface area (Å²) in [6.45, 7) is 0.897. The van der Waals surface area contributed by atoms with Crippen molar-refractivity contribution in [3.05, 3.63) is 0 Å². The van der Waals surface area contributed by atoms with Crippen molar-refractivity contribution in [3.63, 3.8) is 0 Å². The monoisotopic (exact) mass is 289 g/mol. The minimum atomic E-state index is 0.163. The summed E-state index contributed by atoms with van der Waals surface area (Å²) in [6, 6.07) is 0.242. The Hall–Kier alpha value is -0.860. The Kier molecular flexibility index (Phi) is 3.55. The molecule has 0 aromatic rings. The summed E-state index contributed by atoms with van der Waals surface area (Å²) in [5, 5.41) is 0. The molecule has 3 nitrogen and oxygen atoms in total. The lowest BCUT2D eigenvalue weighted by atomic mass is 9.86. The second-order valence-electron chi connectivity index (χ2n) is 7.90. The number of fused-ring (bicyclic) bond motifs is 2. The van der Waals surface area contributed by atoms with Crippen molar-refractivity contribution in [2.75, 3.05) is 6.54 Å². The van der Waals surface area contributed by atoms with E-state index in [0.29, 0.717) is 17.6 Å². The van der Waals surface area contributed by atoms with E-state index in [2.05, 4.69) is 4.90 Å². The summed E-state index contributed by atoms with van der Waals surface area (Å²) >= 11 is 0. The van der Waals surface area contributed by atoms with Gasteiger partial charge in [0.2, 0.25) is 5.91 Å². The predicted octanol–water partition coefficient (Wildman–Crippen LogP) is 3.17. The van der Waals surface area contributed by atoms with Crippen LogP contribution < -0.4 is 0 Å². The zero-order chi connectivity index (χ0) is 14.4. The van der Waals surface area contributed by atoms with E-state index >= 15 is 0 Å². The summed E-state index contributed by atoms with van der Waals surface area (Å²) < 4.78 is 0. The van der Waals surface area contributed by atoms with Crippen molar-refractivity contribution in [1.29, 1.82) is 0 Å². The van der Waals surface area contributed by atoms with Crippen LogP contribution in [-0.2, 0) is 9.59 Å². The number of hydrogen-bond donors (Lipinski definition) is 0. The quantitative estimate of drug-likeness (QED) is 0.800. The van der Waals surface area contributed by atoms with Crippen LogP contribution in [0.15, 0.2) is 0 Å². The van der Waals surface area contributed by atoms with Crippen LogP contribution in [0.5, 0.6) is 0 Å². The van der Waals surface area contributed by atoms with Gasteiger partial charge in [0.25, 0.3) is 0 Å². The Bertz CT molecular complexity index is 446. The van der Waals surface area contributed by atoms with E-state index in [1.165, 1.54) is 25.7 Å². The number of hydrogen-bond acceptors (Lipinski definition) is 2. The van der Waals surface area contributed by atoms with Gasteiger partial charge in [0.05, 0.1) is 0 Å². The van der Waals surface area contributed by atoms with Crippen LogP contribution in [0.1, 0.15) is 64.2 Å². The first kappa shape index (κ1) is 13.8. The van der Waals surface area contributed by atoms with Crippen molar-refractivity contribution in [3.8, 4) is 0 Å². The van der Waals surface area contributed by atoms with Crippen molar-refractivity contribution >= 4 is 11.7 Å². The molecule has 0 spiro atoms. The third-order valence-electron chi connectivity index (χ3n) is 6.76. The normalized spacial score (nSPS) is 42.2. The van der Waals surface area contributed by atoms with E-state index in [0.717, 1.165) is 56.9 Å². The zero-order valence-corrected chi connectivity index (χ0v) is 12.9. The lowest BCUT2D eigenvalue weighted by Gasteiger charge is -2.31. The van der Waals surface area contributed by atoms with Gasteiger partial charge in [-0.15, -0.1) is 0 Å². The second-order valence-corrected chi connectivity index (χ2v) is 7.90. The van der Waals surface area contributed by atoms with E-state index in [1.54, 1.807) is 0 Å². The highest BCUT2D eigenvalue weighted by molar-refractivity contribution is 5.85. The number of carbonyl (C=O) groups is 2. The molecule has 5 unspecified atom stereocenters. The summed E-state index contributed by atoms with van der Waals surface area (Å²) in [4.78, 5) is 26.9. The number of nitrogens with zero attached hydrogens (tertiary/aromatic N) is 1. The van der Waals surface area contributed by atoms with Gasteiger partial charge < -0.3 is 4.90 Å². The molecule has 0 radical (unpaired) electrons. The van der Waals surface area contributed by atoms with Gasteiger partial charge in [0, 0.05) is 31.3 Å². The molecule has 3 aliphatic carbocycles. The van der Waals surface area contributed by atoms with Crippen molar-refractivity contribution in [2.24, 2.45) is 23.7 Å². The van der Waals surface area contributed by atoms with E-state index in [-0.39, 0.29) is 12.0 Å². The van der Waals surface area contributed by atoms with Gasteiger partial charge in [-0.1, -0.05) is 6.42 Å². The SMILES string of the molecule is O=C1CCCC1C1CCCN1C(=O)CC1CC2CCC1C2. The third-order valence-corrected chi connectivity index (χ3v) is 6.76. The Morgan fingerprint density at radius 1 is 1.10 bits per heavy atom. The summed E-state index contributed by atoms with van der Waals surface area (Å²) in [6.07, 6.45) is 11.1. The van der Waals surface area contributed by atoms with Crippen molar-refractivity contribution in [2.45, 2.75) is 70.3 Å². The van der Waals surface area contributed by atoms with E-state index < -0.39 is 0 Å². The van der Waals surface area contributed by atoms with Crippen LogP contribution in [0.25, 0.3) is 0 Å². The smallest absolute Gasteiger partial charge is 0.223 e. The number of rotatable bonds is 3. The Balaban J connectivity index is 1.40. The van der Waals surface area contributed by atoms with Crippen LogP contribution in [0, 0.1) is 23.7 Å². The largest absolute Gasteiger partial charge is 0.339 e. The summed E-state index contributed by atoms with van der Waals surface area (Å²) in [5.74, 6) is 3.33. The lowest BCUT2D eigenvalue weighted by Crippen LogP contribution is -2.42. The molecule has 4 fully saturated rings. The Labute approximate surface area is 127 Å². The second kappa shape index (κ2) is 5.40. The molecule has 4 rings (SSSR count). The van der Waals surface area contributed by atoms with E-state index in [4.69, 9.17) is 0 Å². The van der Waals surface area contributed by atoms with Crippen LogP contribution >= 0.6 is 0 Å². The number of carbonyl (C=O) groups excluding carboxylic acids is 2. The first-order valence-corrected chi connectivity index (χ1v) is 9.04. The molecule has 21 heavy (non-hydrogen) atoms. The van der Waals surface area contributed by atoms with Crippen LogP contribution in [-0.4, -0.2) is 29.2 Å². The molecule has 0 aromatic heterocycles. The highest BCUT2D eigenvalue weighted by Crippen LogP contribution is 2.50. The molecule has 2 bridgehead atoms. The van der Waals surface area contributed by atoms with E-state index in [1.807, 2.05) is 0 Å². The van der Waals surface area contributed by atoms with Gasteiger partial charge in [-0.2, -0.15) is 0 Å². The molecule has 1 amide bonds. The highest BCUT2D eigenvalue weighted by Gasteiger charge is 2.43. The van der Waals surface area contributed by atoms with Crippen LogP contribution in [0.4, 0.5) is 0 Å². The van der Waals surface area contributed by atoms with Gasteiger partial charge in [0.15, 0.2) is 0 Å². The van der Waals surface area contributed by atoms with Gasteiger partial charge in [0.1, 0.15) is 5.78 Å². The average Bonchev–Trinajstić information content (AvgIpc) is 3.21. The maximum absolute atomic E-state index is 12.8. The Morgan fingerprint density at radius 2 is 2.00 bits per heavy atom. The fourth-order valence-electron chi connectivity index (χ4n) is 5.74. The standard InChI is InChI=1S/C18H27NO2/c20-17-5-1-3-15(17)16-4-2-8-19(16)18(21)11-14-10-12-6-7-13(14)9-12/h12-16H,1-11H2. The Morgan fingerprint density at radius 3 is 2.67 bits per heavy atom. The molecule has 0 aromatic carbocycles. The minimum Gasteiger partial charge on any atom is -0.339 e. The average molecular weight is 289 g/mol.